The zero-order valence-electron chi connectivity index (χ0n) is 18.8. The lowest BCUT2D eigenvalue weighted by Gasteiger charge is -2.43. The molecule has 2 aromatic carbocycles. The third kappa shape index (κ3) is 4.81. The summed E-state index contributed by atoms with van der Waals surface area (Å²) < 4.78 is 67.2. The molecule has 0 radical (unpaired) electrons. The summed E-state index contributed by atoms with van der Waals surface area (Å²) in [4.78, 5) is 12.4. The second-order valence-electron chi connectivity index (χ2n) is 9.51. The average molecular weight is 532 g/mol. The molecule has 5 atom stereocenters. The van der Waals surface area contributed by atoms with Gasteiger partial charge in [-0.15, -0.1) is 0 Å². The summed E-state index contributed by atoms with van der Waals surface area (Å²) >= 11 is 6.20. The fraction of sp³-hybridized carbons (Fsp3) is 0.458. The van der Waals surface area contributed by atoms with Gasteiger partial charge >= 0.3 is 0 Å². The predicted octanol–water partition coefficient (Wildman–Crippen LogP) is 4.47. The number of carbonyl (C=O) groups excluding carboxylic acids is 1. The Kier molecular flexibility index (Phi) is 6.95. The molecule has 6 nitrogen and oxygen atoms in total. The number of aliphatic hydroxyl groups excluding tert-OH is 1. The van der Waals surface area contributed by atoms with Gasteiger partial charge in [0.05, 0.1) is 26.9 Å². The van der Waals surface area contributed by atoms with Crippen molar-refractivity contribution in [2.75, 3.05) is 5.32 Å². The molecule has 2 aliphatic carbocycles. The minimum atomic E-state index is -4.00. The summed E-state index contributed by atoms with van der Waals surface area (Å²) in [7, 11) is -4.00. The number of aliphatic hydroxyl groups is 2. The highest BCUT2D eigenvalue weighted by molar-refractivity contribution is 7.92. The van der Waals surface area contributed by atoms with Crippen LogP contribution < -0.4 is 5.32 Å². The van der Waals surface area contributed by atoms with Crippen LogP contribution in [0.2, 0.25) is 5.02 Å². The van der Waals surface area contributed by atoms with Crippen molar-refractivity contribution in [2.24, 2.45) is 11.8 Å². The van der Waals surface area contributed by atoms with Gasteiger partial charge < -0.3 is 15.5 Å². The molecule has 35 heavy (non-hydrogen) atoms. The fourth-order valence-corrected chi connectivity index (χ4v) is 7.95. The highest BCUT2D eigenvalue weighted by Gasteiger charge is 2.55. The van der Waals surface area contributed by atoms with Crippen molar-refractivity contribution in [1.29, 1.82) is 0 Å². The number of anilines is 1. The molecule has 190 valence electrons. The van der Waals surface area contributed by atoms with Crippen molar-refractivity contribution >= 4 is 33.0 Å². The van der Waals surface area contributed by atoms with E-state index < -0.39 is 50.2 Å². The first-order valence-corrected chi connectivity index (χ1v) is 13.1. The molecule has 1 amide bonds. The van der Waals surface area contributed by atoms with Crippen LogP contribution in [0.5, 0.6) is 0 Å². The van der Waals surface area contributed by atoms with Crippen LogP contribution in [0.25, 0.3) is 0 Å². The number of hydrogen-bond acceptors (Lipinski definition) is 5. The Hall–Kier alpha value is -2.14. The smallest absolute Gasteiger partial charge is 0.255 e. The van der Waals surface area contributed by atoms with Gasteiger partial charge in [0.15, 0.2) is 27.3 Å². The van der Waals surface area contributed by atoms with E-state index in [1.807, 2.05) is 0 Å². The highest BCUT2D eigenvalue weighted by atomic mass is 35.5. The number of rotatable bonds is 6. The van der Waals surface area contributed by atoms with Gasteiger partial charge in [-0.1, -0.05) is 11.6 Å². The molecule has 2 aliphatic rings. The van der Waals surface area contributed by atoms with Crippen molar-refractivity contribution in [3.8, 4) is 0 Å². The van der Waals surface area contributed by atoms with Crippen LogP contribution in [0.3, 0.4) is 0 Å². The van der Waals surface area contributed by atoms with Gasteiger partial charge in [0, 0.05) is 29.8 Å². The van der Waals surface area contributed by atoms with E-state index in [4.69, 9.17) is 11.6 Å². The second-order valence-corrected chi connectivity index (χ2v) is 12.1. The fourth-order valence-electron chi connectivity index (χ4n) is 5.54. The summed E-state index contributed by atoms with van der Waals surface area (Å²) in [6, 6.07) is 4.82. The number of nitrogens with one attached hydrogen (secondary N) is 1. The topological polar surface area (TPSA) is 104 Å². The van der Waals surface area contributed by atoms with E-state index in [1.165, 1.54) is 12.1 Å². The Morgan fingerprint density at radius 2 is 1.71 bits per heavy atom. The molecule has 3 N–H and O–H groups in total. The zero-order valence-corrected chi connectivity index (χ0v) is 20.3. The van der Waals surface area contributed by atoms with E-state index >= 15 is 0 Å². The SMILES string of the molecule is CC(O)CC1(O)C2CC[C@H]1CC(S(=O)(=O)c1cc(C(=O)Nc3cc(F)c(F)c(F)c3)ccc1Cl)C2. The van der Waals surface area contributed by atoms with Gasteiger partial charge in [-0.05, 0) is 62.6 Å². The molecule has 0 aromatic heterocycles. The van der Waals surface area contributed by atoms with E-state index in [0.717, 1.165) is 6.07 Å². The van der Waals surface area contributed by atoms with Crippen LogP contribution in [0.15, 0.2) is 35.2 Å². The van der Waals surface area contributed by atoms with Crippen LogP contribution in [0, 0.1) is 29.3 Å². The summed E-state index contributed by atoms with van der Waals surface area (Å²) in [5.41, 5.74) is -1.58. The number of benzene rings is 2. The highest BCUT2D eigenvalue weighted by Crippen LogP contribution is 2.53. The van der Waals surface area contributed by atoms with Crippen LogP contribution >= 0.6 is 11.6 Å². The number of fused-ring (bicyclic) bond motifs is 2. The molecular weight excluding hydrogens is 507 g/mol. The van der Waals surface area contributed by atoms with E-state index in [-0.39, 0.29) is 52.3 Å². The molecule has 2 aromatic rings. The van der Waals surface area contributed by atoms with Gasteiger partial charge in [-0.3, -0.25) is 4.79 Å². The zero-order chi connectivity index (χ0) is 25.7. The average Bonchev–Trinajstić information content (AvgIpc) is 2.93. The number of sulfone groups is 1. The first-order chi connectivity index (χ1) is 16.3. The van der Waals surface area contributed by atoms with E-state index in [2.05, 4.69) is 5.32 Å². The molecule has 0 aliphatic heterocycles. The van der Waals surface area contributed by atoms with Gasteiger partial charge in [0.2, 0.25) is 0 Å². The standard InChI is InChI=1S/C24H25ClF3NO5S/c1-12(30)11-24(32)14-3-4-15(24)8-17(7-14)35(33,34)21-6-13(2-5-18(21)25)23(31)29-16-9-19(26)22(28)20(27)10-16/h2,5-6,9-10,12,14-15,17,30,32H,3-4,7-8,11H2,1H3,(H,29,31)/t12?,14-,15?,17?,24?/m0/s1. The Labute approximate surface area is 206 Å². The Morgan fingerprint density at radius 3 is 2.26 bits per heavy atom. The third-order valence-corrected chi connectivity index (χ3v) is 9.83. The van der Waals surface area contributed by atoms with Crippen LogP contribution in [-0.4, -0.2) is 41.5 Å². The Balaban J connectivity index is 1.58. The summed E-state index contributed by atoms with van der Waals surface area (Å²) in [6.45, 7) is 1.59. The molecule has 0 spiro atoms. The molecule has 4 rings (SSSR count). The van der Waals surface area contributed by atoms with Crippen molar-refractivity contribution in [3.63, 3.8) is 0 Å². The van der Waals surface area contributed by atoms with Crippen molar-refractivity contribution in [3.05, 3.63) is 58.4 Å². The van der Waals surface area contributed by atoms with Crippen LogP contribution in [-0.2, 0) is 9.84 Å². The number of amides is 1. The largest absolute Gasteiger partial charge is 0.393 e. The number of halogens is 4. The predicted molar refractivity (Wildman–Crippen MR) is 123 cm³/mol. The van der Waals surface area contributed by atoms with Crippen molar-refractivity contribution in [2.45, 2.75) is 60.9 Å². The van der Waals surface area contributed by atoms with Crippen molar-refractivity contribution in [1.82, 2.24) is 0 Å². The molecule has 0 saturated heterocycles. The molecular formula is C24H25ClF3NO5S. The van der Waals surface area contributed by atoms with E-state index in [0.29, 0.717) is 25.0 Å². The first-order valence-electron chi connectivity index (χ1n) is 11.2. The molecule has 2 bridgehead atoms. The quantitative estimate of drug-likeness (QED) is 0.477. The Morgan fingerprint density at radius 1 is 1.14 bits per heavy atom. The molecule has 2 fully saturated rings. The van der Waals surface area contributed by atoms with Gasteiger partial charge in [-0.25, -0.2) is 21.6 Å². The summed E-state index contributed by atoms with van der Waals surface area (Å²) in [5, 5.41) is 22.3. The molecule has 4 unspecified atom stereocenters. The van der Waals surface area contributed by atoms with Crippen LogP contribution in [0.1, 0.15) is 49.4 Å². The lowest BCUT2D eigenvalue weighted by atomic mass is 9.71. The summed E-state index contributed by atoms with van der Waals surface area (Å²) in [6.07, 6.45) is 1.16. The summed E-state index contributed by atoms with van der Waals surface area (Å²) in [5.74, 6) is -6.08. The number of hydrogen-bond donors (Lipinski definition) is 3. The van der Waals surface area contributed by atoms with E-state index in [1.54, 1.807) is 6.92 Å². The lowest BCUT2D eigenvalue weighted by molar-refractivity contribution is -0.0861. The maximum Gasteiger partial charge on any atom is 0.255 e. The molecule has 2 saturated carbocycles. The maximum absolute atomic E-state index is 13.5. The Bertz CT molecular complexity index is 1230. The monoisotopic (exact) mass is 531 g/mol. The van der Waals surface area contributed by atoms with Gasteiger partial charge in [0.1, 0.15) is 0 Å². The first kappa shape index (κ1) is 25.9. The minimum Gasteiger partial charge on any atom is -0.393 e. The third-order valence-electron chi connectivity index (χ3n) is 7.18. The van der Waals surface area contributed by atoms with E-state index in [9.17, 15) is 36.6 Å². The van der Waals surface area contributed by atoms with Crippen molar-refractivity contribution < 1.29 is 36.6 Å². The second kappa shape index (κ2) is 9.38. The molecule has 11 heteroatoms. The molecule has 0 heterocycles. The van der Waals surface area contributed by atoms with Gasteiger partial charge in [0.25, 0.3) is 5.91 Å². The minimum absolute atomic E-state index is 0.0856. The maximum atomic E-state index is 13.5. The van der Waals surface area contributed by atoms with Gasteiger partial charge in [-0.2, -0.15) is 0 Å². The normalized spacial score (nSPS) is 27.0. The lowest BCUT2D eigenvalue weighted by Crippen LogP contribution is -2.49. The number of carbonyl (C=O) groups is 1. The van der Waals surface area contributed by atoms with Crippen LogP contribution in [0.4, 0.5) is 18.9 Å².